The molecule has 4 rings (SSSR count). The van der Waals surface area contributed by atoms with Crippen molar-refractivity contribution in [2.24, 2.45) is 5.73 Å². The molecule has 2 heterocycles. The van der Waals surface area contributed by atoms with E-state index in [-0.39, 0.29) is 19.0 Å². The number of benzene rings is 2. The quantitative estimate of drug-likeness (QED) is 0.267. The number of aryl methyl sites for hydroxylation is 1. The zero-order valence-corrected chi connectivity index (χ0v) is 23.3. The van der Waals surface area contributed by atoms with Crippen molar-refractivity contribution >= 4 is 65.3 Å². The van der Waals surface area contributed by atoms with Gasteiger partial charge in [-0.15, -0.1) is 0 Å². The second kappa shape index (κ2) is 11.9. The Hall–Kier alpha value is -2.46. The molecule has 0 aliphatic carbocycles. The fourth-order valence-electron chi connectivity index (χ4n) is 3.91. The zero-order valence-electron chi connectivity index (χ0n) is 20.1. The van der Waals surface area contributed by atoms with Gasteiger partial charge >= 0.3 is 0 Å². The normalized spacial score (nSPS) is 15.2. The van der Waals surface area contributed by atoms with E-state index in [2.05, 4.69) is 0 Å². The average molecular weight is 585 g/mol. The summed E-state index contributed by atoms with van der Waals surface area (Å²) in [5.41, 5.74) is 8.70. The number of nitrogens with two attached hydrogens (primary N) is 1. The van der Waals surface area contributed by atoms with Crippen LogP contribution in [0.25, 0.3) is 16.3 Å². The van der Waals surface area contributed by atoms with E-state index in [1.165, 1.54) is 23.1 Å². The van der Waals surface area contributed by atoms with Gasteiger partial charge in [-0.3, -0.25) is 0 Å². The summed E-state index contributed by atoms with van der Waals surface area (Å²) in [5.74, 6) is -0.897. The summed E-state index contributed by atoms with van der Waals surface area (Å²) in [6, 6.07) is 15.4. The molecule has 200 valence electrons. The maximum Gasteiger partial charge on any atom is 0.264 e. The van der Waals surface area contributed by atoms with Crippen LogP contribution in [-0.2, 0) is 26.8 Å². The van der Waals surface area contributed by atoms with Gasteiger partial charge in [-0.2, -0.15) is 4.57 Å². The van der Waals surface area contributed by atoms with Crippen LogP contribution in [0.1, 0.15) is 17.8 Å². The van der Waals surface area contributed by atoms with E-state index < -0.39 is 31.7 Å². The maximum atomic E-state index is 11.1. The first-order valence-corrected chi connectivity index (χ1v) is 15.8. The highest BCUT2D eigenvalue weighted by Crippen LogP contribution is 2.46. The van der Waals surface area contributed by atoms with E-state index in [9.17, 15) is 25.9 Å². The predicted molar refractivity (Wildman–Crippen MR) is 146 cm³/mol. The minimum absolute atomic E-state index is 0. The van der Waals surface area contributed by atoms with Gasteiger partial charge in [0, 0.05) is 47.2 Å². The Balaban J connectivity index is 0.00000380. The summed E-state index contributed by atoms with van der Waals surface area (Å²) in [6.07, 6.45) is 3.96. The van der Waals surface area contributed by atoms with E-state index >= 15 is 0 Å². The molecule has 0 saturated heterocycles. The standard InChI is InChI=1S/C23H25N3O6S4.H3N/c24-17(15-22-25(11-5-13-35(27,28)29)18-7-1-3-9-20(18)33-22)16-23-26(12-6-14-36(30,31)32)19-8-2-4-10-21(19)34-23;/h1-4,7-10,15-16,24H,5-6,11-14H2,(H2,27,28,29,30,31,32);1H3/b22-15-;. The van der Waals surface area contributed by atoms with Gasteiger partial charge in [-0.1, -0.05) is 47.4 Å². The minimum Gasteiger partial charge on any atom is -0.748 e. The summed E-state index contributed by atoms with van der Waals surface area (Å²) in [6.45, 7) is 0.689. The SMILES string of the molecule is NC(=C\c1sc2ccccc2[n+]1CCCS(=O)(=O)[O-])/C=C1\Sc2ccccc2N1CCCS(=O)(=O)[O-].[NH4+]. The molecule has 37 heavy (non-hydrogen) atoms. The Morgan fingerprint density at radius 2 is 1.62 bits per heavy atom. The zero-order chi connectivity index (χ0) is 25.9. The first-order valence-electron chi connectivity index (χ1n) is 11.0. The molecule has 3 aromatic rings. The molecule has 0 spiro atoms. The molecule has 6 N–H and O–H groups in total. The lowest BCUT2D eigenvalue weighted by Gasteiger charge is -2.21. The highest BCUT2D eigenvalue weighted by atomic mass is 32.2. The number of quaternary nitrogens is 1. The molecular weight excluding hydrogens is 557 g/mol. The summed E-state index contributed by atoms with van der Waals surface area (Å²) in [5, 5.41) is 1.61. The van der Waals surface area contributed by atoms with Crippen LogP contribution in [0.4, 0.5) is 5.69 Å². The number of nitrogens with zero attached hydrogens (tertiary/aromatic N) is 2. The number of hydrogen-bond acceptors (Lipinski definition) is 10. The molecule has 0 atom stereocenters. The second-order valence-corrected chi connectivity index (χ2v) is 13.3. The molecule has 0 radical (unpaired) electrons. The van der Waals surface area contributed by atoms with Gasteiger partial charge in [0.2, 0.25) is 5.52 Å². The number of fused-ring (bicyclic) bond motifs is 2. The van der Waals surface area contributed by atoms with Crippen LogP contribution < -0.4 is 21.4 Å². The number of para-hydroxylation sites is 2. The molecule has 2 aromatic carbocycles. The van der Waals surface area contributed by atoms with Crippen molar-refractivity contribution in [3.05, 3.63) is 70.3 Å². The van der Waals surface area contributed by atoms with Crippen LogP contribution in [0.15, 0.2) is 70.2 Å². The maximum absolute atomic E-state index is 11.1. The lowest BCUT2D eigenvalue weighted by molar-refractivity contribution is -0.668. The molecule has 0 saturated carbocycles. The fraction of sp³-hybridized carbons (Fsp3) is 0.261. The molecule has 10 nitrogen and oxygen atoms in total. The van der Waals surface area contributed by atoms with Gasteiger partial charge in [-0.25, -0.2) is 16.8 Å². The minimum atomic E-state index is -4.31. The third-order valence-electron chi connectivity index (χ3n) is 5.41. The lowest BCUT2D eigenvalue weighted by atomic mass is 10.2. The van der Waals surface area contributed by atoms with E-state index in [4.69, 9.17) is 5.73 Å². The number of thioether (sulfide) groups is 1. The summed E-state index contributed by atoms with van der Waals surface area (Å²) in [4.78, 5) is 2.95. The van der Waals surface area contributed by atoms with Gasteiger partial charge in [-0.05, 0) is 30.7 Å². The third-order valence-corrected chi connectivity index (χ3v) is 9.21. The monoisotopic (exact) mass is 584 g/mol. The largest absolute Gasteiger partial charge is 0.748 e. The van der Waals surface area contributed by atoms with E-state index in [0.717, 1.165) is 30.8 Å². The molecule has 0 unspecified atom stereocenters. The summed E-state index contributed by atoms with van der Waals surface area (Å²) in [7, 11) is -8.61. The smallest absolute Gasteiger partial charge is 0.264 e. The van der Waals surface area contributed by atoms with E-state index in [0.29, 0.717) is 18.8 Å². The van der Waals surface area contributed by atoms with Crippen LogP contribution in [0.5, 0.6) is 0 Å². The van der Waals surface area contributed by atoms with Crippen molar-refractivity contribution in [1.82, 2.24) is 6.15 Å². The average Bonchev–Trinajstić information content (AvgIpc) is 3.30. The molecule has 14 heteroatoms. The number of allylic oxidation sites excluding steroid dienone is 1. The first-order chi connectivity index (χ1) is 17.0. The fourth-order valence-corrected chi connectivity index (χ4v) is 7.17. The van der Waals surface area contributed by atoms with Gasteiger partial charge in [0.1, 0.15) is 4.70 Å². The van der Waals surface area contributed by atoms with Crippen molar-refractivity contribution < 1.29 is 30.5 Å². The Labute approximate surface area is 224 Å². The van der Waals surface area contributed by atoms with Crippen LogP contribution in [-0.4, -0.2) is 44.0 Å². The van der Waals surface area contributed by atoms with Gasteiger partial charge < -0.3 is 25.9 Å². The molecule has 0 fully saturated rings. The van der Waals surface area contributed by atoms with Gasteiger partial charge in [0.05, 0.1) is 31.0 Å². The molecule has 1 aromatic heterocycles. The van der Waals surface area contributed by atoms with Crippen molar-refractivity contribution in [3.8, 4) is 0 Å². The highest BCUT2D eigenvalue weighted by Gasteiger charge is 2.25. The molecular formula is C23H28N4O6S4. The predicted octanol–water partition coefficient (Wildman–Crippen LogP) is 3.19. The lowest BCUT2D eigenvalue weighted by Crippen LogP contribution is -2.36. The highest BCUT2D eigenvalue weighted by molar-refractivity contribution is 8.03. The molecule has 1 aliphatic rings. The summed E-state index contributed by atoms with van der Waals surface area (Å²) >= 11 is 3.00. The van der Waals surface area contributed by atoms with E-state index in [1.807, 2.05) is 58.0 Å². The summed E-state index contributed by atoms with van der Waals surface area (Å²) < 4.78 is 69.4. The number of anilines is 1. The first kappa shape index (κ1) is 29.1. The Bertz CT molecular complexity index is 1550. The van der Waals surface area contributed by atoms with Crippen LogP contribution >= 0.6 is 23.1 Å². The van der Waals surface area contributed by atoms with Crippen molar-refractivity contribution in [2.75, 3.05) is 23.0 Å². The number of hydrogen-bond donors (Lipinski definition) is 2. The third kappa shape index (κ3) is 7.77. The molecule has 0 amide bonds. The van der Waals surface area contributed by atoms with Crippen LogP contribution in [0.3, 0.4) is 0 Å². The Morgan fingerprint density at radius 1 is 0.973 bits per heavy atom. The molecule has 1 aliphatic heterocycles. The number of thiazole rings is 1. The Kier molecular flexibility index (Phi) is 9.39. The van der Waals surface area contributed by atoms with E-state index in [1.54, 1.807) is 12.2 Å². The van der Waals surface area contributed by atoms with Gasteiger partial charge in [0.25, 0.3) is 5.01 Å². The van der Waals surface area contributed by atoms with Crippen LogP contribution in [0, 0.1) is 0 Å². The van der Waals surface area contributed by atoms with Crippen molar-refractivity contribution in [3.63, 3.8) is 0 Å². The second-order valence-electron chi connectivity index (χ2n) is 8.14. The number of rotatable bonds is 10. The van der Waals surface area contributed by atoms with Gasteiger partial charge in [0.15, 0.2) is 6.54 Å². The molecule has 0 bridgehead atoms. The van der Waals surface area contributed by atoms with Crippen LogP contribution in [0.2, 0.25) is 0 Å². The van der Waals surface area contributed by atoms with Crippen molar-refractivity contribution in [1.29, 1.82) is 0 Å². The van der Waals surface area contributed by atoms with Crippen molar-refractivity contribution in [2.45, 2.75) is 24.3 Å². The topological polar surface area (TPSA) is 184 Å². The Morgan fingerprint density at radius 3 is 2.35 bits per heavy atom. The number of aromatic nitrogens is 1.